The van der Waals surface area contributed by atoms with Crippen LogP contribution in [0.3, 0.4) is 0 Å². The number of benzene rings is 2. The van der Waals surface area contributed by atoms with Crippen molar-refractivity contribution in [2.24, 2.45) is 4.40 Å². The van der Waals surface area contributed by atoms with Crippen LogP contribution in [-0.4, -0.2) is 24.3 Å². The summed E-state index contributed by atoms with van der Waals surface area (Å²) in [4.78, 5) is 0.214. The summed E-state index contributed by atoms with van der Waals surface area (Å²) in [6.45, 7) is 1.91. The summed E-state index contributed by atoms with van der Waals surface area (Å²) in [6.07, 6.45) is 0. The van der Waals surface area contributed by atoms with Gasteiger partial charge in [-0.05, 0) is 18.6 Å². The molecule has 0 spiro atoms. The fraction of sp³-hybridized carbons (Fsp3) is 0.0667. The van der Waals surface area contributed by atoms with Crippen molar-refractivity contribution in [3.05, 3.63) is 59.3 Å². The normalized spacial score (nSPS) is 16.0. The Morgan fingerprint density at radius 1 is 1.05 bits per heavy atom. The van der Waals surface area contributed by atoms with Crippen molar-refractivity contribution in [1.82, 2.24) is 10.2 Å². The Kier molecular flexibility index (Phi) is 2.35. The zero-order chi connectivity index (χ0) is 14.6. The van der Waals surface area contributed by atoms with E-state index in [2.05, 4.69) is 14.6 Å². The largest absolute Gasteiger partial charge is 0.283 e. The Bertz CT molecular complexity index is 1000. The average molecular weight is 297 g/mol. The molecular weight excluding hydrogens is 286 g/mol. The third-order valence-corrected chi connectivity index (χ3v) is 4.96. The molecule has 0 aliphatic carbocycles. The molecule has 2 heterocycles. The van der Waals surface area contributed by atoms with E-state index in [1.165, 1.54) is 0 Å². The van der Waals surface area contributed by atoms with Gasteiger partial charge in [0.2, 0.25) is 0 Å². The van der Waals surface area contributed by atoms with E-state index in [9.17, 15) is 8.42 Å². The fourth-order valence-corrected chi connectivity index (χ4v) is 3.86. The number of nitrogens with one attached hydrogen (secondary N) is 1. The third kappa shape index (κ3) is 1.66. The molecule has 0 fully saturated rings. The minimum absolute atomic E-state index is 0.214. The van der Waals surface area contributed by atoms with Gasteiger partial charge in [0.25, 0.3) is 10.0 Å². The molecule has 6 heteroatoms. The van der Waals surface area contributed by atoms with Gasteiger partial charge in [0, 0.05) is 5.56 Å². The van der Waals surface area contributed by atoms with E-state index in [0.717, 1.165) is 11.1 Å². The highest BCUT2D eigenvalue weighted by atomic mass is 32.2. The quantitative estimate of drug-likeness (QED) is 0.749. The van der Waals surface area contributed by atoms with Gasteiger partial charge in [-0.15, -0.1) is 0 Å². The Hall–Kier alpha value is -2.47. The van der Waals surface area contributed by atoms with Gasteiger partial charge in [-0.3, -0.25) is 5.10 Å². The van der Waals surface area contributed by atoms with Crippen LogP contribution in [0.15, 0.2) is 51.8 Å². The molecule has 1 N–H and O–H groups in total. The lowest BCUT2D eigenvalue weighted by Gasteiger charge is -2.13. The number of hydrogen-bond donors (Lipinski definition) is 1. The second-order valence-corrected chi connectivity index (χ2v) is 6.56. The number of hydrogen-bond acceptors (Lipinski definition) is 3. The molecule has 0 bridgehead atoms. The van der Waals surface area contributed by atoms with Crippen LogP contribution >= 0.6 is 0 Å². The van der Waals surface area contributed by atoms with Gasteiger partial charge < -0.3 is 0 Å². The monoisotopic (exact) mass is 297 g/mol. The van der Waals surface area contributed by atoms with Crippen molar-refractivity contribution in [1.29, 1.82) is 0 Å². The molecule has 1 aliphatic heterocycles. The first-order valence-corrected chi connectivity index (χ1v) is 7.90. The van der Waals surface area contributed by atoms with E-state index in [4.69, 9.17) is 0 Å². The molecule has 2 aromatic carbocycles. The summed E-state index contributed by atoms with van der Waals surface area (Å²) < 4.78 is 28.8. The highest BCUT2D eigenvalue weighted by Crippen LogP contribution is 2.34. The Morgan fingerprint density at radius 2 is 1.81 bits per heavy atom. The smallest absolute Gasteiger partial charge is 0.275 e. The van der Waals surface area contributed by atoms with Crippen LogP contribution in [0.2, 0.25) is 0 Å². The second-order valence-electron chi connectivity index (χ2n) is 4.98. The lowest BCUT2D eigenvalue weighted by atomic mass is 10.0. The molecule has 1 aromatic heterocycles. The van der Waals surface area contributed by atoms with Crippen molar-refractivity contribution in [3.63, 3.8) is 0 Å². The number of aromatic amines is 1. The lowest BCUT2D eigenvalue weighted by Crippen LogP contribution is -2.14. The van der Waals surface area contributed by atoms with Gasteiger partial charge in [0.05, 0.1) is 16.6 Å². The maximum atomic E-state index is 12.4. The standard InChI is InChI=1S/C15H11N3O2S/c1-9-7-8-11-12-13(9)16-17-15(12)14(18-21(11,19)20)10-5-3-2-4-6-10/h2-8H,1H3,(H,16,17). The fourth-order valence-electron chi connectivity index (χ4n) is 2.62. The third-order valence-electron chi connectivity index (χ3n) is 3.64. The Morgan fingerprint density at radius 3 is 2.57 bits per heavy atom. The number of aryl methyl sites for hydroxylation is 1. The highest BCUT2D eigenvalue weighted by Gasteiger charge is 2.30. The maximum Gasteiger partial charge on any atom is 0.283 e. The first-order chi connectivity index (χ1) is 10.1. The molecule has 0 unspecified atom stereocenters. The van der Waals surface area contributed by atoms with Gasteiger partial charge >= 0.3 is 0 Å². The first-order valence-electron chi connectivity index (χ1n) is 6.46. The van der Waals surface area contributed by atoms with Crippen LogP contribution in [0.4, 0.5) is 0 Å². The van der Waals surface area contributed by atoms with E-state index in [1.807, 2.05) is 37.3 Å². The van der Waals surface area contributed by atoms with Crippen molar-refractivity contribution in [2.75, 3.05) is 0 Å². The zero-order valence-electron chi connectivity index (χ0n) is 11.2. The van der Waals surface area contributed by atoms with Crippen molar-refractivity contribution in [2.45, 2.75) is 11.8 Å². The summed E-state index contributed by atoms with van der Waals surface area (Å²) in [5.74, 6) is 0. The second kappa shape index (κ2) is 4.02. The van der Waals surface area contributed by atoms with Crippen LogP contribution in [0.1, 0.15) is 16.8 Å². The first kappa shape index (κ1) is 12.3. The van der Waals surface area contributed by atoms with E-state index >= 15 is 0 Å². The van der Waals surface area contributed by atoms with Crippen molar-refractivity contribution < 1.29 is 8.42 Å². The van der Waals surface area contributed by atoms with Gasteiger partial charge in [-0.25, -0.2) is 0 Å². The predicted octanol–water partition coefficient (Wildman–Crippen LogP) is 2.41. The minimum atomic E-state index is -3.70. The van der Waals surface area contributed by atoms with Gasteiger partial charge in [0.1, 0.15) is 10.6 Å². The highest BCUT2D eigenvalue weighted by molar-refractivity contribution is 7.90. The summed E-state index contributed by atoms with van der Waals surface area (Å²) in [6, 6.07) is 12.6. The van der Waals surface area contributed by atoms with Crippen LogP contribution in [0.5, 0.6) is 0 Å². The average Bonchev–Trinajstić information content (AvgIpc) is 2.91. The van der Waals surface area contributed by atoms with Gasteiger partial charge in [-0.2, -0.15) is 17.9 Å². The molecule has 0 amide bonds. The van der Waals surface area contributed by atoms with E-state index < -0.39 is 10.0 Å². The van der Waals surface area contributed by atoms with Crippen molar-refractivity contribution in [3.8, 4) is 0 Å². The number of nitrogens with zero attached hydrogens (tertiary/aromatic N) is 2. The molecule has 21 heavy (non-hydrogen) atoms. The van der Waals surface area contributed by atoms with Crippen LogP contribution in [0.25, 0.3) is 10.9 Å². The number of rotatable bonds is 1. The molecule has 3 aromatic rings. The van der Waals surface area contributed by atoms with Gasteiger partial charge in [-0.1, -0.05) is 36.4 Å². The summed E-state index contributed by atoms with van der Waals surface area (Å²) in [5, 5.41) is 7.83. The Balaban J connectivity index is 2.14. The van der Waals surface area contributed by atoms with Crippen LogP contribution in [-0.2, 0) is 10.0 Å². The maximum absolute atomic E-state index is 12.4. The zero-order valence-corrected chi connectivity index (χ0v) is 12.0. The van der Waals surface area contributed by atoms with Gasteiger partial charge in [0.15, 0.2) is 0 Å². The van der Waals surface area contributed by atoms with E-state index in [-0.39, 0.29) is 4.90 Å². The predicted molar refractivity (Wildman–Crippen MR) is 80.1 cm³/mol. The molecular formula is C15H11N3O2S. The number of aromatic nitrogens is 2. The molecule has 104 valence electrons. The molecule has 0 saturated carbocycles. The van der Waals surface area contributed by atoms with Crippen LogP contribution < -0.4 is 0 Å². The summed E-state index contributed by atoms with van der Waals surface area (Å²) >= 11 is 0. The molecule has 1 aliphatic rings. The molecule has 0 radical (unpaired) electrons. The summed E-state index contributed by atoms with van der Waals surface area (Å²) in [7, 11) is -3.70. The van der Waals surface area contributed by atoms with E-state index in [0.29, 0.717) is 22.3 Å². The SMILES string of the molecule is Cc1ccc2c3c([nH]nc13)C(c1ccccc1)=NS2(=O)=O. The molecule has 4 rings (SSSR count). The number of H-pyrrole nitrogens is 1. The lowest BCUT2D eigenvalue weighted by molar-refractivity contribution is 0.598. The van der Waals surface area contributed by atoms with E-state index in [1.54, 1.807) is 12.1 Å². The summed E-state index contributed by atoms with van der Waals surface area (Å²) in [5.41, 5.74) is 3.43. The molecule has 0 atom stereocenters. The Labute approximate surface area is 121 Å². The van der Waals surface area contributed by atoms with Crippen LogP contribution in [0, 0.1) is 6.92 Å². The number of sulfonamides is 1. The molecule has 5 nitrogen and oxygen atoms in total. The van der Waals surface area contributed by atoms with Crippen molar-refractivity contribution >= 4 is 26.6 Å². The molecule has 0 saturated heterocycles. The topological polar surface area (TPSA) is 75.2 Å². The minimum Gasteiger partial charge on any atom is -0.275 e.